The van der Waals surface area contributed by atoms with E-state index in [0.717, 1.165) is 11.4 Å². The number of nitrogens with zero attached hydrogens (tertiary/aromatic N) is 4. The Morgan fingerprint density at radius 3 is 2.56 bits per heavy atom. The van der Waals surface area contributed by atoms with Gasteiger partial charge in [-0.05, 0) is 17.7 Å². The van der Waals surface area contributed by atoms with Crippen LogP contribution in [-0.4, -0.2) is 20.0 Å². The van der Waals surface area contributed by atoms with Gasteiger partial charge in [-0.3, -0.25) is 4.98 Å². The lowest BCUT2D eigenvalue weighted by atomic mass is 10.2. The van der Waals surface area contributed by atoms with E-state index < -0.39 is 0 Å². The van der Waals surface area contributed by atoms with E-state index in [4.69, 9.17) is 0 Å². The smallest absolute Gasteiger partial charge is 0.107 e. The lowest BCUT2D eigenvalue weighted by molar-refractivity contribution is 0.654. The van der Waals surface area contributed by atoms with E-state index >= 15 is 0 Å². The molecule has 4 nitrogen and oxygen atoms in total. The summed E-state index contributed by atoms with van der Waals surface area (Å²) >= 11 is 0. The first-order valence-electron chi connectivity index (χ1n) is 5.77. The van der Waals surface area contributed by atoms with Crippen molar-refractivity contribution >= 4 is 0 Å². The normalized spacial score (nSPS) is 10.4. The molecule has 0 amide bonds. The second kappa shape index (κ2) is 4.79. The number of hydrogen-bond acceptors (Lipinski definition) is 3. The first-order valence-corrected chi connectivity index (χ1v) is 5.77. The molecule has 0 unspecified atom stereocenters. The number of aromatic nitrogens is 4. The average Bonchev–Trinajstić information content (AvgIpc) is 2.89. The molecule has 0 aliphatic heterocycles. The van der Waals surface area contributed by atoms with Crippen LogP contribution in [0.1, 0.15) is 5.56 Å². The van der Waals surface area contributed by atoms with Gasteiger partial charge in [0.05, 0.1) is 18.4 Å². The summed E-state index contributed by atoms with van der Waals surface area (Å²) in [6.45, 7) is 0.701. The molecule has 88 valence electrons. The monoisotopic (exact) mass is 236 g/mol. The topological polar surface area (TPSA) is 43.6 Å². The van der Waals surface area contributed by atoms with E-state index in [1.54, 1.807) is 12.4 Å². The molecule has 0 bridgehead atoms. The van der Waals surface area contributed by atoms with Gasteiger partial charge in [0.25, 0.3) is 0 Å². The van der Waals surface area contributed by atoms with Gasteiger partial charge >= 0.3 is 0 Å². The van der Waals surface area contributed by atoms with E-state index in [0.29, 0.717) is 6.54 Å². The number of pyridine rings is 1. The van der Waals surface area contributed by atoms with Gasteiger partial charge in [0.2, 0.25) is 0 Å². The number of rotatable bonds is 3. The molecule has 3 aromatic rings. The SMILES string of the molecule is c1ccc(Cn2nncc2-c2ccccn2)cc1. The maximum Gasteiger partial charge on any atom is 0.107 e. The van der Waals surface area contributed by atoms with Crippen LogP contribution in [0.2, 0.25) is 0 Å². The Balaban J connectivity index is 1.93. The highest BCUT2D eigenvalue weighted by Crippen LogP contribution is 2.15. The molecule has 0 aliphatic rings. The summed E-state index contributed by atoms with van der Waals surface area (Å²) in [5, 5.41) is 8.08. The van der Waals surface area contributed by atoms with Gasteiger partial charge in [-0.2, -0.15) is 0 Å². The van der Waals surface area contributed by atoms with E-state index in [-0.39, 0.29) is 0 Å². The fourth-order valence-electron chi connectivity index (χ4n) is 1.84. The molecular weight excluding hydrogens is 224 g/mol. The van der Waals surface area contributed by atoms with Crippen molar-refractivity contribution in [2.45, 2.75) is 6.54 Å². The van der Waals surface area contributed by atoms with Crippen LogP contribution in [0.25, 0.3) is 11.4 Å². The summed E-state index contributed by atoms with van der Waals surface area (Å²) in [6.07, 6.45) is 3.51. The van der Waals surface area contributed by atoms with Crippen LogP contribution in [0.15, 0.2) is 60.9 Å². The zero-order chi connectivity index (χ0) is 12.2. The molecule has 2 heterocycles. The van der Waals surface area contributed by atoms with Crippen molar-refractivity contribution in [2.24, 2.45) is 0 Å². The first kappa shape index (κ1) is 10.7. The van der Waals surface area contributed by atoms with Gasteiger partial charge in [-0.1, -0.05) is 41.6 Å². The van der Waals surface area contributed by atoms with Crippen molar-refractivity contribution in [3.8, 4) is 11.4 Å². The van der Waals surface area contributed by atoms with Gasteiger partial charge in [-0.25, -0.2) is 4.68 Å². The summed E-state index contributed by atoms with van der Waals surface area (Å²) in [6, 6.07) is 16.0. The maximum atomic E-state index is 4.32. The van der Waals surface area contributed by atoms with Crippen molar-refractivity contribution < 1.29 is 0 Å². The van der Waals surface area contributed by atoms with E-state index in [1.165, 1.54) is 5.56 Å². The molecule has 0 N–H and O–H groups in total. The third-order valence-electron chi connectivity index (χ3n) is 2.72. The molecule has 18 heavy (non-hydrogen) atoms. The Hall–Kier alpha value is -2.49. The molecule has 1 aromatic carbocycles. The Morgan fingerprint density at radius 2 is 1.78 bits per heavy atom. The summed E-state index contributed by atoms with van der Waals surface area (Å²) in [4.78, 5) is 4.32. The Labute approximate surface area is 105 Å². The van der Waals surface area contributed by atoms with Crippen LogP contribution >= 0.6 is 0 Å². The maximum absolute atomic E-state index is 4.32. The minimum atomic E-state index is 0.701. The highest BCUT2D eigenvalue weighted by atomic mass is 15.4. The second-order valence-electron chi connectivity index (χ2n) is 3.98. The molecule has 0 aliphatic carbocycles. The lowest BCUT2D eigenvalue weighted by Crippen LogP contribution is -2.04. The molecule has 3 rings (SSSR count). The van der Waals surface area contributed by atoms with Crippen molar-refractivity contribution in [3.05, 3.63) is 66.5 Å². The van der Waals surface area contributed by atoms with Gasteiger partial charge in [-0.15, -0.1) is 5.10 Å². The zero-order valence-corrected chi connectivity index (χ0v) is 9.77. The van der Waals surface area contributed by atoms with Crippen LogP contribution < -0.4 is 0 Å². The summed E-state index contributed by atoms with van der Waals surface area (Å²) in [5.41, 5.74) is 3.01. The van der Waals surface area contributed by atoms with Gasteiger partial charge in [0, 0.05) is 6.20 Å². The number of hydrogen-bond donors (Lipinski definition) is 0. The summed E-state index contributed by atoms with van der Waals surface area (Å²) < 4.78 is 1.86. The van der Waals surface area contributed by atoms with Crippen molar-refractivity contribution in [2.75, 3.05) is 0 Å². The molecule has 0 radical (unpaired) electrons. The minimum Gasteiger partial charge on any atom is -0.255 e. The molecule has 0 atom stereocenters. The third-order valence-corrected chi connectivity index (χ3v) is 2.72. The fourth-order valence-corrected chi connectivity index (χ4v) is 1.84. The largest absolute Gasteiger partial charge is 0.255 e. The molecule has 0 saturated carbocycles. The standard InChI is InChI=1S/C14H12N4/c1-2-6-12(7-3-1)11-18-14(10-16-17-18)13-8-4-5-9-15-13/h1-10H,11H2. The lowest BCUT2D eigenvalue weighted by Gasteiger charge is -2.05. The van der Waals surface area contributed by atoms with Crippen molar-refractivity contribution in [1.29, 1.82) is 0 Å². The molecule has 4 heteroatoms. The molecule has 0 spiro atoms. The van der Waals surface area contributed by atoms with Crippen LogP contribution in [0.5, 0.6) is 0 Å². The molecule has 0 saturated heterocycles. The molecular formula is C14H12N4. The quantitative estimate of drug-likeness (QED) is 0.701. The van der Waals surface area contributed by atoms with E-state index in [1.807, 2.05) is 41.1 Å². The van der Waals surface area contributed by atoms with Gasteiger partial charge in [0.15, 0.2) is 0 Å². The minimum absolute atomic E-state index is 0.701. The van der Waals surface area contributed by atoms with Crippen LogP contribution in [0, 0.1) is 0 Å². The zero-order valence-electron chi connectivity index (χ0n) is 9.77. The van der Waals surface area contributed by atoms with Crippen LogP contribution in [0.4, 0.5) is 0 Å². The van der Waals surface area contributed by atoms with Gasteiger partial charge < -0.3 is 0 Å². The summed E-state index contributed by atoms with van der Waals surface area (Å²) in [7, 11) is 0. The predicted molar refractivity (Wildman–Crippen MR) is 68.8 cm³/mol. The Morgan fingerprint density at radius 1 is 0.944 bits per heavy atom. The number of benzene rings is 1. The van der Waals surface area contributed by atoms with E-state index in [9.17, 15) is 0 Å². The average molecular weight is 236 g/mol. The van der Waals surface area contributed by atoms with E-state index in [2.05, 4.69) is 27.4 Å². The van der Waals surface area contributed by atoms with Gasteiger partial charge in [0.1, 0.15) is 5.69 Å². The first-order chi connectivity index (χ1) is 8.93. The highest BCUT2D eigenvalue weighted by Gasteiger charge is 2.07. The molecule has 2 aromatic heterocycles. The molecule has 0 fully saturated rings. The Kier molecular flexibility index (Phi) is 2.84. The van der Waals surface area contributed by atoms with Crippen LogP contribution in [0.3, 0.4) is 0 Å². The van der Waals surface area contributed by atoms with Crippen molar-refractivity contribution in [3.63, 3.8) is 0 Å². The second-order valence-corrected chi connectivity index (χ2v) is 3.98. The highest BCUT2D eigenvalue weighted by molar-refractivity contribution is 5.52. The fraction of sp³-hybridized carbons (Fsp3) is 0.0714. The van der Waals surface area contributed by atoms with Crippen molar-refractivity contribution in [1.82, 2.24) is 20.0 Å². The Bertz CT molecular complexity index is 617. The third kappa shape index (κ3) is 2.13. The summed E-state index contributed by atoms with van der Waals surface area (Å²) in [5.74, 6) is 0. The van der Waals surface area contributed by atoms with Crippen LogP contribution in [-0.2, 0) is 6.54 Å². The predicted octanol–water partition coefficient (Wildman–Crippen LogP) is 2.39.